The topological polar surface area (TPSA) is 68.2 Å². The molecule has 0 bridgehead atoms. The summed E-state index contributed by atoms with van der Waals surface area (Å²) in [6.45, 7) is 1.11. The Balaban J connectivity index is 1.74. The van der Waals surface area contributed by atoms with Crippen LogP contribution in [0.15, 0.2) is 41.1 Å². The van der Waals surface area contributed by atoms with Crippen molar-refractivity contribution in [1.82, 2.24) is 15.1 Å². The van der Waals surface area contributed by atoms with Crippen LogP contribution in [0.2, 0.25) is 0 Å². The molecule has 2 aromatic rings. The zero-order valence-electron chi connectivity index (χ0n) is 11.0. The first-order valence-electron chi connectivity index (χ1n) is 6.04. The van der Waals surface area contributed by atoms with E-state index < -0.39 is 0 Å². The van der Waals surface area contributed by atoms with Gasteiger partial charge in [0.15, 0.2) is 0 Å². The third-order valence-electron chi connectivity index (χ3n) is 2.58. The largest absolute Gasteiger partial charge is 0.497 e. The van der Waals surface area contributed by atoms with Crippen LogP contribution in [0.25, 0.3) is 0 Å². The van der Waals surface area contributed by atoms with Gasteiger partial charge in [0, 0.05) is 18.4 Å². The Morgan fingerprint density at radius 3 is 2.75 bits per heavy atom. The maximum absolute atomic E-state index is 11.7. The molecule has 1 heterocycles. The van der Waals surface area contributed by atoms with Gasteiger partial charge in [0.05, 0.1) is 24.3 Å². The lowest BCUT2D eigenvalue weighted by atomic mass is 10.3. The Morgan fingerprint density at radius 1 is 1.40 bits per heavy atom. The van der Waals surface area contributed by atoms with Crippen molar-refractivity contribution in [3.63, 3.8) is 0 Å². The Kier molecular flexibility index (Phi) is 5.00. The summed E-state index contributed by atoms with van der Waals surface area (Å²) in [6, 6.07) is 6.89. The predicted octanol–water partition coefficient (Wildman–Crippen LogP) is 2.48. The molecule has 2 rings (SSSR count). The summed E-state index contributed by atoms with van der Waals surface area (Å²) in [5.41, 5.74) is 0.713. The number of halogens is 1. The maximum Gasteiger partial charge on any atom is 0.319 e. The van der Waals surface area contributed by atoms with Gasteiger partial charge in [-0.1, -0.05) is 0 Å². The predicted molar refractivity (Wildman–Crippen MR) is 79.9 cm³/mol. The van der Waals surface area contributed by atoms with E-state index in [-0.39, 0.29) is 6.03 Å². The fourth-order valence-corrected chi connectivity index (χ4v) is 1.92. The summed E-state index contributed by atoms with van der Waals surface area (Å²) in [4.78, 5) is 11.7. The zero-order chi connectivity index (χ0) is 14.4. The number of hydrogen-bond donors (Lipinski definition) is 2. The normalized spacial score (nSPS) is 10.1. The van der Waals surface area contributed by atoms with Gasteiger partial charge in [-0.25, -0.2) is 4.79 Å². The molecule has 0 radical (unpaired) electrons. The van der Waals surface area contributed by atoms with Crippen LogP contribution in [0, 0.1) is 0 Å². The average Bonchev–Trinajstić information content (AvgIpc) is 2.85. The van der Waals surface area contributed by atoms with Gasteiger partial charge in [-0.15, -0.1) is 0 Å². The van der Waals surface area contributed by atoms with E-state index in [4.69, 9.17) is 4.74 Å². The summed E-state index contributed by atoms with van der Waals surface area (Å²) in [5.74, 6) is 0.750. The Bertz CT molecular complexity index is 568. The summed E-state index contributed by atoms with van der Waals surface area (Å²) in [6.07, 6.45) is 3.56. The molecule has 0 fully saturated rings. The van der Waals surface area contributed by atoms with Gasteiger partial charge < -0.3 is 15.4 Å². The number of rotatable bonds is 5. The molecule has 0 atom stereocenters. The maximum atomic E-state index is 11.7. The van der Waals surface area contributed by atoms with Gasteiger partial charge in [-0.05, 0) is 40.2 Å². The summed E-state index contributed by atoms with van der Waals surface area (Å²) in [7, 11) is 1.60. The molecule has 0 aliphatic carbocycles. The molecule has 0 unspecified atom stereocenters. The molecule has 0 saturated carbocycles. The van der Waals surface area contributed by atoms with E-state index in [1.165, 1.54) is 0 Å². The van der Waals surface area contributed by atoms with E-state index in [1.807, 2.05) is 6.20 Å². The van der Waals surface area contributed by atoms with Gasteiger partial charge in [-0.3, -0.25) is 4.68 Å². The molecule has 0 saturated heterocycles. The number of benzene rings is 1. The van der Waals surface area contributed by atoms with Crippen molar-refractivity contribution >= 4 is 27.6 Å². The van der Waals surface area contributed by atoms with Gasteiger partial charge >= 0.3 is 6.03 Å². The van der Waals surface area contributed by atoms with E-state index in [2.05, 4.69) is 31.7 Å². The molecule has 6 nitrogen and oxygen atoms in total. The number of carbonyl (C=O) groups excluding carboxylic acids is 1. The first-order valence-corrected chi connectivity index (χ1v) is 6.83. The fourth-order valence-electron chi connectivity index (χ4n) is 1.59. The van der Waals surface area contributed by atoms with Crippen molar-refractivity contribution in [2.45, 2.75) is 6.54 Å². The quantitative estimate of drug-likeness (QED) is 0.879. The standard InChI is InChI=1S/C13H15BrN4O2/c1-20-12-4-2-11(3-5-12)17-13(19)15-6-7-18-9-10(14)8-16-18/h2-5,8-9H,6-7H2,1H3,(H2,15,17,19). The van der Waals surface area contributed by atoms with Crippen LogP contribution in [0.5, 0.6) is 5.75 Å². The molecule has 1 aromatic heterocycles. The van der Waals surface area contributed by atoms with Crippen LogP contribution in [0.1, 0.15) is 0 Å². The lowest BCUT2D eigenvalue weighted by Crippen LogP contribution is -2.31. The summed E-state index contributed by atoms with van der Waals surface area (Å²) in [5, 5.41) is 9.60. The van der Waals surface area contributed by atoms with Gasteiger partial charge in [0.2, 0.25) is 0 Å². The second-order valence-electron chi connectivity index (χ2n) is 4.03. The minimum atomic E-state index is -0.249. The second kappa shape index (κ2) is 6.95. The number of urea groups is 1. The van der Waals surface area contributed by atoms with E-state index >= 15 is 0 Å². The lowest BCUT2D eigenvalue weighted by molar-refractivity contribution is 0.251. The van der Waals surface area contributed by atoms with E-state index in [0.717, 1.165) is 10.2 Å². The van der Waals surface area contributed by atoms with E-state index in [9.17, 15) is 4.79 Å². The minimum Gasteiger partial charge on any atom is -0.497 e. The van der Waals surface area contributed by atoms with Gasteiger partial charge in [0.25, 0.3) is 0 Å². The molecule has 0 aliphatic rings. The first-order chi connectivity index (χ1) is 9.67. The minimum absolute atomic E-state index is 0.249. The van der Waals surface area contributed by atoms with Crippen LogP contribution < -0.4 is 15.4 Å². The molecule has 2 amide bonds. The van der Waals surface area contributed by atoms with Crippen molar-refractivity contribution in [2.24, 2.45) is 0 Å². The number of hydrogen-bond acceptors (Lipinski definition) is 3. The number of anilines is 1. The molecule has 0 aliphatic heterocycles. The highest BCUT2D eigenvalue weighted by atomic mass is 79.9. The highest BCUT2D eigenvalue weighted by Crippen LogP contribution is 2.14. The lowest BCUT2D eigenvalue weighted by Gasteiger charge is -2.08. The molecule has 1 aromatic carbocycles. The smallest absolute Gasteiger partial charge is 0.319 e. The van der Waals surface area contributed by atoms with E-state index in [1.54, 1.807) is 42.3 Å². The van der Waals surface area contributed by atoms with Crippen molar-refractivity contribution in [3.8, 4) is 5.75 Å². The second-order valence-corrected chi connectivity index (χ2v) is 4.95. The number of nitrogens with one attached hydrogen (secondary N) is 2. The number of ether oxygens (including phenoxy) is 1. The number of nitrogens with zero attached hydrogens (tertiary/aromatic N) is 2. The highest BCUT2D eigenvalue weighted by Gasteiger charge is 2.02. The summed E-state index contributed by atoms with van der Waals surface area (Å²) < 4.78 is 7.71. The average molecular weight is 339 g/mol. The number of amides is 2. The van der Waals surface area contributed by atoms with Crippen LogP contribution in [0.3, 0.4) is 0 Å². The zero-order valence-corrected chi connectivity index (χ0v) is 12.6. The van der Waals surface area contributed by atoms with Crippen molar-refractivity contribution in [1.29, 1.82) is 0 Å². The highest BCUT2D eigenvalue weighted by molar-refractivity contribution is 9.10. The number of methoxy groups -OCH3 is 1. The van der Waals surface area contributed by atoms with Crippen molar-refractivity contribution in [3.05, 3.63) is 41.1 Å². The molecule has 106 valence electrons. The Hall–Kier alpha value is -2.02. The summed E-state index contributed by atoms with van der Waals surface area (Å²) >= 11 is 3.32. The molecule has 20 heavy (non-hydrogen) atoms. The monoisotopic (exact) mass is 338 g/mol. The fraction of sp³-hybridized carbons (Fsp3) is 0.231. The van der Waals surface area contributed by atoms with Crippen molar-refractivity contribution in [2.75, 3.05) is 19.0 Å². The van der Waals surface area contributed by atoms with Crippen LogP contribution >= 0.6 is 15.9 Å². The Labute approximate surface area is 125 Å². The van der Waals surface area contributed by atoms with Gasteiger partial charge in [0.1, 0.15) is 5.75 Å². The molecule has 7 heteroatoms. The SMILES string of the molecule is COc1ccc(NC(=O)NCCn2cc(Br)cn2)cc1. The van der Waals surface area contributed by atoms with Gasteiger partial charge in [-0.2, -0.15) is 5.10 Å². The molecule has 0 spiro atoms. The van der Waals surface area contributed by atoms with Crippen molar-refractivity contribution < 1.29 is 9.53 Å². The van der Waals surface area contributed by atoms with Crippen LogP contribution in [-0.2, 0) is 6.54 Å². The van der Waals surface area contributed by atoms with Crippen LogP contribution in [-0.4, -0.2) is 29.5 Å². The first kappa shape index (κ1) is 14.4. The number of carbonyl (C=O) groups is 1. The molecule has 2 N–H and O–H groups in total. The third kappa shape index (κ3) is 4.27. The molecular weight excluding hydrogens is 324 g/mol. The molecular formula is C13H15BrN4O2. The third-order valence-corrected chi connectivity index (χ3v) is 2.99. The van der Waals surface area contributed by atoms with E-state index in [0.29, 0.717) is 18.8 Å². The number of aromatic nitrogens is 2. The Morgan fingerprint density at radius 2 is 2.15 bits per heavy atom. The van der Waals surface area contributed by atoms with Crippen LogP contribution in [0.4, 0.5) is 10.5 Å².